The van der Waals surface area contributed by atoms with E-state index >= 15 is 0 Å². The summed E-state index contributed by atoms with van der Waals surface area (Å²) < 4.78 is 9.30. The molecule has 2 aromatic heterocycles. The number of imidazole rings is 1. The molecule has 1 fully saturated rings. The maximum absolute atomic E-state index is 7.17. The number of nitrogens with zero attached hydrogens (tertiary/aromatic N) is 4. The van der Waals surface area contributed by atoms with Crippen molar-refractivity contribution < 1.29 is 4.43 Å². The van der Waals surface area contributed by atoms with Crippen molar-refractivity contribution in [3.05, 3.63) is 78.5 Å². The fourth-order valence-electron chi connectivity index (χ4n) is 5.03. The van der Waals surface area contributed by atoms with E-state index in [0.29, 0.717) is 15.9 Å². The number of hydrogen-bond acceptors (Lipinski definition) is 5. The van der Waals surface area contributed by atoms with Gasteiger partial charge in [-0.15, -0.1) is 11.8 Å². The van der Waals surface area contributed by atoms with E-state index in [-0.39, 0.29) is 10.4 Å². The van der Waals surface area contributed by atoms with E-state index in [1.165, 1.54) is 16.7 Å². The smallest absolute Gasteiger partial charge is 0.261 e. The van der Waals surface area contributed by atoms with Crippen LogP contribution in [0.4, 0.5) is 0 Å². The molecule has 5 rings (SSSR count). The van der Waals surface area contributed by atoms with Crippen LogP contribution in [0.3, 0.4) is 0 Å². The van der Waals surface area contributed by atoms with E-state index in [1.807, 2.05) is 18.1 Å². The lowest BCUT2D eigenvalue weighted by atomic mass is 10.2. The highest BCUT2D eigenvalue weighted by atomic mass is 35.5. The van der Waals surface area contributed by atoms with Gasteiger partial charge in [-0.3, -0.25) is 0 Å². The van der Waals surface area contributed by atoms with E-state index in [4.69, 9.17) is 16.0 Å². The van der Waals surface area contributed by atoms with E-state index in [2.05, 4.69) is 101 Å². The van der Waals surface area contributed by atoms with Crippen molar-refractivity contribution >= 4 is 53.2 Å². The second kappa shape index (κ2) is 9.45. The number of benzene rings is 2. The van der Waals surface area contributed by atoms with Gasteiger partial charge in [0.2, 0.25) is 0 Å². The summed E-state index contributed by atoms with van der Waals surface area (Å²) in [4.78, 5) is 12.9. The topological polar surface area (TPSA) is 52.8 Å². The summed E-state index contributed by atoms with van der Waals surface area (Å²) in [5.41, 5.74) is 1.46. The molecule has 34 heavy (non-hydrogen) atoms. The second-order valence-corrected chi connectivity index (χ2v) is 15.9. The van der Waals surface area contributed by atoms with Crippen LogP contribution in [-0.2, 0) is 4.43 Å². The first kappa shape index (κ1) is 23.5. The molecule has 1 saturated heterocycles. The van der Waals surface area contributed by atoms with Crippen molar-refractivity contribution in [3.63, 3.8) is 0 Å². The minimum Gasteiger partial charge on any atom is -0.406 e. The van der Waals surface area contributed by atoms with Gasteiger partial charge in [0.15, 0.2) is 10.8 Å². The van der Waals surface area contributed by atoms with E-state index in [1.54, 1.807) is 0 Å². The minimum atomic E-state index is -2.53. The molecular weight excluding hydrogens is 480 g/mol. The molecule has 1 aliphatic heterocycles. The Morgan fingerprint density at radius 3 is 2.24 bits per heavy atom. The summed E-state index contributed by atoms with van der Waals surface area (Å²) in [5, 5.41) is 3.69. The fraction of sp³-hybridized carbons (Fsp3) is 0.346. The number of hydrogen-bond donors (Lipinski definition) is 0. The molecule has 0 amide bonds. The molecule has 4 aromatic rings. The summed E-state index contributed by atoms with van der Waals surface area (Å²) in [6, 6.07) is 21.7. The Balaban J connectivity index is 1.42. The van der Waals surface area contributed by atoms with Crippen LogP contribution in [0.25, 0.3) is 11.2 Å². The van der Waals surface area contributed by atoms with Gasteiger partial charge < -0.3 is 8.99 Å². The molecule has 1 aliphatic rings. The Morgan fingerprint density at radius 1 is 0.971 bits per heavy atom. The number of thioether (sulfide) groups is 1. The van der Waals surface area contributed by atoms with Gasteiger partial charge in [0.25, 0.3) is 8.32 Å². The van der Waals surface area contributed by atoms with Crippen LogP contribution in [-0.4, -0.2) is 39.7 Å². The molecule has 0 radical (unpaired) electrons. The van der Waals surface area contributed by atoms with Gasteiger partial charge in [-0.25, -0.2) is 15.0 Å². The van der Waals surface area contributed by atoms with Crippen LogP contribution in [0.2, 0.25) is 10.2 Å². The zero-order chi connectivity index (χ0) is 23.8. The Bertz CT molecular complexity index is 1220. The number of aromatic nitrogens is 4. The van der Waals surface area contributed by atoms with Crippen LogP contribution in [0.5, 0.6) is 0 Å². The SMILES string of the molecule is CC(C)(C)[Si](OC[C@H]1CC[C@@H](n2cnc3c(Cl)ncnc32)S1)(c1ccccc1)c1ccccc1. The summed E-state index contributed by atoms with van der Waals surface area (Å²) in [6.45, 7) is 7.69. The lowest BCUT2D eigenvalue weighted by Crippen LogP contribution is -2.67. The highest BCUT2D eigenvalue weighted by Gasteiger charge is 2.50. The van der Waals surface area contributed by atoms with Crippen molar-refractivity contribution in [3.8, 4) is 0 Å². The van der Waals surface area contributed by atoms with Crippen LogP contribution in [0.1, 0.15) is 39.0 Å². The molecule has 0 N–H and O–H groups in total. The third-order valence-electron chi connectivity index (χ3n) is 6.61. The molecule has 0 unspecified atom stereocenters. The number of halogens is 1. The molecule has 0 saturated carbocycles. The summed E-state index contributed by atoms with van der Waals surface area (Å²) in [6.07, 6.45) is 5.48. The Hall–Kier alpha value is -2.19. The molecule has 8 heteroatoms. The molecule has 2 aromatic carbocycles. The maximum Gasteiger partial charge on any atom is 0.261 e. The largest absolute Gasteiger partial charge is 0.406 e. The van der Waals surface area contributed by atoms with Gasteiger partial charge in [-0.05, 0) is 28.3 Å². The molecule has 0 bridgehead atoms. The average Bonchev–Trinajstić information content (AvgIpc) is 3.48. The minimum absolute atomic E-state index is 0.0212. The van der Waals surface area contributed by atoms with Crippen LogP contribution in [0, 0.1) is 0 Å². The van der Waals surface area contributed by atoms with Crippen LogP contribution >= 0.6 is 23.4 Å². The van der Waals surface area contributed by atoms with Gasteiger partial charge in [0.05, 0.1) is 11.7 Å². The lowest BCUT2D eigenvalue weighted by molar-refractivity contribution is 0.295. The lowest BCUT2D eigenvalue weighted by Gasteiger charge is -2.43. The first-order valence-corrected chi connectivity index (χ1v) is 14.9. The Kier molecular flexibility index (Phi) is 6.55. The van der Waals surface area contributed by atoms with E-state index in [9.17, 15) is 0 Å². The molecule has 0 aliphatic carbocycles. The second-order valence-electron chi connectivity index (χ2n) is 9.75. The van der Waals surface area contributed by atoms with Gasteiger partial charge >= 0.3 is 0 Å². The quantitative estimate of drug-likeness (QED) is 0.256. The monoisotopic (exact) mass is 508 g/mol. The van der Waals surface area contributed by atoms with Crippen molar-refractivity contribution in [2.75, 3.05) is 6.61 Å². The van der Waals surface area contributed by atoms with Crippen LogP contribution in [0.15, 0.2) is 73.3 Å². The molecular formula is C26H29ClN4OSSi. The molecule has 0 spiro atoms. The average molecular weight is 509 g/mol. The highest BCUT2D eigenvalue weighted by Crippen LogP contribution is 2.44. The van der Waals surface area contributed by atoms with Gasteiger partial charge in [0, 0.05) is 11.9 Å². The summed E-state index contributed by atoms with van der Waals surface area (Å²) in [5.74, 6) is 0. The van der Waals surface area contributed by atoms with E-state index in [0.717, 1.165) is 25.1 Å². The Labute approximate surface area is 211 Å². The third kappa shape index (κ3) is 4.19. The fourth-order valence-corrected chi connectivity index (χ4v) is 11.4. The van der Waals surface area contributed by atoms with Crippen molar-refractivity contribution in [1.29, 1.82) is 0 Å². The Morgan fingerprint density at radius 2 is 1.62 bits per heavy atom. The van der Waals surface area contributed by atoms with Crippen molar-refractivity contribution in [2.45, 2.75) is 49.3 Å². The predicted octanol–water partition coefficient (Wildman–Crippen LogP) is 5.45. The standard InChI is InChI=1S/C26H29ClN4OSSi/c1-26(2,3)34(20-10-6-4-7-11-20,21-12-8-5-9-13-21)32-16-19-14-15-22(33-19)31-18-30-23-24(27)28-17-29-25(23)31/h4-13,17-19,22H,14-16H2,1-3H3/t19-,22+/m1/s1. The normalized spacial score (nSPS) is 19.1. The summed E-state index contributed by atoms with van der Waals surface area (Å²) >= 11 is 8.16. The van der Waals surface area contributed by atoms with Crippen molar-refractivity contribution in [2.24, 2.45) is 0 Å². The highest BCUT2D eigenvalue weighted by molar-refractivity contribution is 8.00. The van der Waals surface area contributed by atoms with E-state index < -0.39 is 8.32 Å². The molecule has 2 atom stereocenters. The first-order chi connectivity index (χ1) is 16.4. The molecule has 5 nitrogen and oxygen atoms in total. The third-order valence-corrected chi connectivity index (χ3v) is 13.4. The molecule has 176 valence electrons. The van der Waals surface area contributed by atoms with Crippen molar-refractivity contribution in [1.82, 2.24) is 19.5 Å². The van der Waals surface area contributed by atoms with Crippen LogP contribution < -0.4 is 10.4 Å². The number of fused-ring (bicyclic) bond motifs is 1. The number of rotatable bonds is 6. The zero-order valence-electron chi connectivity index (χ0n) is 19.7. The molecule has 3 heterocycles. The van der Waals surface area contributed by atoms with Gasteiger partial charge in [-0.1, -0.05) is 93.0 Å². The first-order valence-electron chi connectivity index (χ1n) is 11.6. The predicted molar refractivity (Wildman–Crippen MR) is 144 cm³/mol. The maximum atomic E-state index is 7.17. The zero-order valence-corrected chi connectivity index (χ0v) is 22.3. The van der Waals surface area contributed by atoms with Gasteiger partial charge in [0.1, 0.15) is 11.8 Å². The van der Waals surface area contributed by atoms with Gasteiger partial charge in [-0.2, -0.15) is 0 Å². The summed E-state index contributed by atoms with van der Waals surface area (Å²) in [7, 11) is -2.53.